The molecule has 1 amide bonds. The Bertz CT molecular complexity index is 576. The van der Waals surface area contributed by atoms with E-state index >= 15 is 0 Å². The zero-order chi connectivity index (χ0) is 15.3. The lowest BCUT2D eigenvalue weighted by molar-refractivity contribution is -0.122. The van der Waals surface area contributed by atoms with E-state index < -0.39 is 10.0 Å². The summed E-state index contributed by atoms with van der Waals surface area (Å²) in [6, 6.07) is 0. The van der Waals surface area contributed by atoms with Crippen molar-refractivity contribution in [2.24, 2.45) is 0 Å². The number of imidazole rings is 1. The molecule has 0 aliphatic carbocycles. The lowest BCUT2D eigenvalue weighted by Crippen LogP contribution is -2.51. The van der Waals surface area contributed by atoms with Crippen LogP contribution in [0.4, 0.5) is 0 Å². The predicted molar refractivity (Wildman–Crippen MR) is 77.0 cm³/mol. The van der Waals surface area contributed by atoms with E-state index in [1.54, 1.807) is 6.08 Å². The molecule has 0 bridgehead atoms. The number of carbonyl (C=O) groups excluding carboxylic acids is 1. The number of amides is 1. The zero-order valence-corrected chi connectivity index (χ0v) is 12.5. The molecule has 1 aliphatic heterocycles. The van der Waals surface area contributed by atoms with Crippen molar-refractivity contribution in [3.63, 3.8) is 0 Å². The highest BCUT2D eigenvalue weighted by Crippen LogP contribution is 2.14. The summed E-state index contributed by atoms with van der Waals surface area (Å²) >= 11 is 0. The molecule has 0 spiro atoms. The lowest BCUT2D eigenvalue weighted by Gasteiger charge is -2.33. The monoisotopic (exact) mass is 313 g/mol. The number of hydrogen-bond donors (Lipinski definition) is 2. The van der Waals surface area contributed by atoms with Gasteiger partial charge < -0.3 is 10.3 Å². The third-order valence-corrected chi connectivity index (χ3v) is 5.06. The van der Waals surface area contributed by atoms with Crippen molar-refractivity contribution in [1.82, 2.24) is 24.5 Å². The summed E-state index contributed by atoms with van der Waals surface area (Å²) in [6.45, 7) is 6.00. The number of H-pyrrole nitrogens is 1. The van der Waals surface area contributed by atoms with Gasteiger partial charge in [-0.1, -0.05) is 6.08 Å². The molecule has 21 heavy (non-hydrogen) atoms. The van der Waals surface area contributed by atoms with Crippen LogP contribution in [0.1, 0.15) is 0 Å². The average molecular weight is 313 g/mol. The molecule has 0 aromatic carbocycles. The summed E-state index contributed by atoms with van der Waals surface area (Å²) in [6.07, 6.45) is 4.25. The Hall–Kier alpha value is -1.71. The fourth-order valence-corrected chi connectivity index (χ4v) is 3.41. The van der Waals surface area contributed by atoms with Gasteiger partial charge in [0, 0.05) is 32.7 Å². The smallest absolute Gasteiger partial charge is 0.260 e. The van der Waals surface area contributed by atoms with Crippen LogP contribution < -0.4 is 5.32 Å². The molecule has 1 saturated heterocycles. The van der Waals surface area contributed by atoms with E-state index in [-0.39, 0.29) is 17.5 Å². The van der Waals surface area contributed by atoms with Gasteiger partial charge >= 0.3 is 0 Å². The van der Waals surface area contributed by atoms with Crippen LogP contribution in [0.5, 0.6) is 0 Å². The van der Waals surface area contributed by atoms with Crippen molar-refractivity contribution >= 4 is 15.9 Å². The number of nitrogens with one attached hydrogen (secondary N) is 2. The summed E-state index contributed by atoms with van der Waals surface area (Å²) < 4.78 is 25.9. The van der Waals surface area contributed by atoms with E-state index in [2.05, 4.69) is 21.9 Å². The van der Waals surface area contributed by atoms with Crippen LogP contribution in [0.2, 0.25) is 0 Å². The lowest BCUT2D eigenvalue weighted by atomic mass is 10.3. The topological polar surface area (TPSA) is 98.4 Å². The first-order valence-corrected chi connectivity index (χ1v) is 8.06. The minimum absolute atomic E-state index is 0.0835. The summed E-state index contributed by atoms with van der Waals surface area (Å²) in [5, 5.41) is 2.80. The van der Waals surface area contributed by atoms with Crippen molar-refractivity contribution in [2.75, 3.05) is 39.3 Å². The highest BCUT2D eigenvalue weighted by atomic mass is 32.2. The van der Waals surface area contributed by atoms with Crippen molar-refractivity contribution in [3.8, 4) is 0 Å². The highest BCUT2D eigenvalue weighted by Gasteiger charge is 2.29. The standard InChI is InChI=1S/C12H19N5O3S/c1-2-3-14-11(18)9-16-4-6-17(7-5-16)21(19,20)12-8-13-10-15-12/h2,8,10H,1,3-7,9H2,(H,13,15)(H,14,18). The first kappa shape index (κ1) is 15.7. The van der Waals surface area contributed by atoms with E-state index in [4.69, 9.17) is 0 Å². The average Bonchev–Trinajstić information content (AvgIpc) is 3.00. The molecule has 0 radical (unpaired) electrons. The van der Waals surface area contributed by atoms with Crippen molar-refractivity contribution in [2.45, 2.75) is 5.03 Å². The quantitative estimate of drug-likeness (QED) is 0.658. The minimum atomic E-state index is -3.51. The van der Waals surface area contributed by atoms with Crippen molar-refractivity contribution < 1.29 is 13.2 Å². The number of aromatic amines is 1. The molecular formula is C12H19N5O3S. The maximum Gasteiger partial charge on any atom is 0.260 e. The second-order valence-corrected chi connectivity index (χ2v) is 6.60. The van der Waals surface area contributed by atoms with Crippen LogP contribution in [0.3, 0.4) is 0 Å². The molecule has 1 aliphatic rings. The molecule has 0 unspecified atom stereocenters. The summed E-state index contributed by atoms with van der Waals surface area (Å²) in [5.74, 6) is -0.0835. The van der Waals surface area contributed by atoms with Gasteiger partial charge in [0.1, 0.15) is 0 Å². The van der Waals surface area contributed by atoms with Crippen LogP contribution in [-0.2, 0) is 14.8 Å². The maximum atomic E-state index is 12.3. The second-order valence-electron chi connectivity index (χ2n) is 4.69. The molecule has 1 fully saturated rings. The number of sulfonamides is 1. The number of piperazine rings is 1. The van der Waals surface area contributed by atoms with Gasteiger partial charge in [-0.15, -0.1) is 6.58 Å². The molecule has 9 heteroatoms. The molecule has 1 aromatic heterocycles. The summed E-state index contributed by atoms with van der Waals surface area (Å²) in [7, 11) is -3.51. The molecule has 2 N–H and O–H groups in total. The molecule has 116 valence electrons. The largest absolute Gasteiger partial charge is 0.352 e. The number of rotatable bonds is 6. The van der Waals surface area contributed by atoms with E-state index in [1.807, 2.05) is 4.90 Å². The number of aromatic nitrogens is 2. The highest BCUT2D eigenvalue weighted by molar-refractivity contribution is 7.89. The Morgan fingerprint density at radius 3 is 2.71 bits per heavy atom. The molecule has 0 atom stereocenters. The molecule has 2 rings (SSSR count). The Morgan fingerprint density at radius 2 is 2.14 bits per heavy atom. The van der Waals surface area contributed by atoms with E-state index in [9.17, 15) is 13.2 Å². The van der Waals surface area contributed by atoms with Gasteiger partial charge in [-0.05, 0) is 0 Å². The Balaban J connectivity index is 1.86. The first-order chi connectivity index (χ1) is 10.0. The third-order valence-electron chi connectivity index (χ3n) is 3.23. The van der Waals surface area contributed by atoms with Crippen LogP contribution in [0, 0.1) is 0 Å². The van der Waals surface area contributed by atoms with Gasteiger partial charge in [0.2, 0.25) is 5.91 Å². The van der Waals surface area contributed by atoms with Crippen LogP contribution in [0.15, 0.2) is 30.2 Å². The van der Waals surface area contributed by atoms with Gasteiger partial charge in [0.25, 0.3) is 10.0 Å². The molecular weight excluding hydrogens is 294 g/mol. The second kappa shape index (κ2) is 6.83. The summed E-state index contributed by atoms with van der Waals surface area (Å²) in [5.41, 5.74) is 0. The zero-order valence-electron chi connectivity index (χ0n) is 11.7. The Labute approximate surface area is 123 Å². The van der Waals surface area contributed by atoms with Crippen LogP contribution >= 0.6 is 0 Å². The normalized spacial score (nSPS) is 17.5. The Morgan fingerprint density at radius 1 is 1.43 bits per heavy atom. The number of carbonyl (C=O) groups is 1. The molecule has 2 heterocycles. The van der Waals surface area contributed by atoms with Gasteiger partial charge in [0.05, 0.1) is 19.1 Å². The first-order valence-electron chi connectivity index (χ1n) is 6.62. The Kier molecular flexibility index (Phi) is 5.10. The fourth-order valence-electron chi connectivity index (χ4n) is 2.10. The van der Waals surface area contributed by atoms with Crippen LogP contribution in [0.25, 0.3) is 0 Å². The van der Waals surface area contributed by atoms with Gasteiger partial charge in [-0.25, -0.2) is 13.4 Å². The number of nitrogens with zero attached hydrogens (tertiary/aromatic N) is 3. The predicted octanol–water partition coefficient (Wildman–Crippen LogP) is -0.982. The van der Waals surface area contributed by atoms with E-state index in [0.717, 1.165) is 0 Å². The van der Waals surface area contributed by atoms with Crippen molar-refractivity contribution in [3.05, 3.63) is 25.2 Å². The molecule has 8 nitrogen and oxygen atoms in total. The molecule has 1 aromatic rings. The SMILES string of the molecule is C=CCNC(=O)CN1CCN(S(=O)(=O)c2cnc[nH]2)CC1. The third kappa shape index (κ3) is 3.90. The van der Waals surface area contributed by atoms with Crippen molar-refractivity contribution in [1.29, 1.82) is 0 Å². The van der Waals surface area contributed by atoms with Gasteiger partial charge in [-0.2, -0.15) is 4.31 Å². The van der Waals surface area contributed by atoms with Gasteiger partial charge in [0.15, 0.2) is 5.03 Å². The van der Waals surface area contributed by atoms with E-state index in [0.29, 0.717) is 32.7 Å². The maximum absolute atomic E-state index is 12.3. The van der Waals surface area contributed by atoms with E-state index in [1.165, 1.54) is 16.8 Å². The number of hydrogen-bond acceptors (Lipinski definition) is 5. The van der Waals surface area contributed by atoms with Gasteiger partial charge in [-0.3, -0.25) is 9.69 Å². The fraction of sp³-hybridized carbons (Fsp3) is 0.500. The van der Waals surface area contributed by atoms with Crippen LogP contribution in [-0.4, -0.2) is 72.8 Å². The minimum Gasteiger partial charge on any atom is -0.352 e. The summed E-state index contributed by atoms with van der Waals surface area (Å²) in [4.78, 5) is 19.9. The molecule has 0 saturated carbocycles.